The summed E-state index contributed by atoms with van der Waals surface area (Å²) in [5, 5.41) is 4.99. The zero-order chi connectivity index (χ0) is 15.0. The third kappa shape index (κ3) is 3.36. The van der Waals surface area contributed by atoms with Crippen LogP contribution in [0.1, 0.15) is 13.3 Å². The highest BCUT2D eigenvalue weighted by Gasteiger charge is 2.29. The van der Waals surface area contributed by atoms with E-state index in [1.165, 1.54) is 18.2 Å². The van der Waals surface area contributed by atoms with Gasteiger partial charge in [-0.2, -0.15) is 0 Å². The number of sulfonamides is 2. The first-order chi connectivity index (χ1) is 9.20. The summed E-state index contributed by atoms with van der Waals surface area (Å²) in [5.41, 5.74) is 0. The lowest BCUT2D eigenvalue weighted by atomic mass is 10.2. The Balaban J connectivity index is 2.30. The fraction of sp³-hybridized carbons (Fsp3) is 0.455. The van der Waals surface area contributed by atoms with Crippen LogP contribution >= 0.6 is 0 Å². The van der Waals surface area contributed by atoms with Gasteiger partial charge in [0.05, 0.1) is 21.9 Å². The molecule has 1 aromatic carbocycles. The third-order valence-corrected chi connectivity index (χ3v) is 5.53. The minimum absolute atomic E-state index is 0.136. The molecular formula is C11H16N2O5S2. The van der Waals surface area contributed by atoms with E-state index < -0.39 is 20.0 Å². The summed E-state index contributed by atoms with van der Waals surface area (Å²) in [6.45, 7) is 2.27. The SMILES string of the molecule is CC1OCCC1NS(=O)(=O)c1cccc(S(N)(=O)=O)c1. The van der Waals surface area contributed by atoms with Crippen molar-refractivity contribution in [2.45, 2.75) is 35.3 Å². The quantitative estimate of drug-likeness (QED) is 0.796. The van der Waals surface area contributed by atoms with Gasteiger partial charge in [0, 0.05) is 6.61 Å². The fourth-order valence-corrected chi connectivity index (χ4v) is 3.99. The van der Waals surface area contributed by atoms with Gasteiger partial charge in [0.15, 0.2) is 0 Å². The minimum atomic E-state index is -3.94. The standard InChI is InChI=1S/C11H16N2O5S2/c1-8-11(5-6-18-8)13-20(16,17)10-4-2-3-9(7-10)19(12,14)15/h2-4,7-8,11,13H,5-6H2,1H3,(H2,12,14,15). The van der Waals surface area contributed by atoms with Gasteiger partial charge < -0.3 is 4.74 Å². The van der Waals surface area contributed by atoms with E-state index in [9.17, 15) is 16.8 Å². The topological polar surface area (TPSA) is 116 Å². The monoisotopic (exact) mass is 320 g/mol. The van der Waals surface area contributed by atoms with Gasteiger partial charge in [-0.15, -0.1) is 0 Å². The molecule has 1 aliphatic heterocycles. The minimum Gasteiger partial charge on any atom is -0.377 e. The molecule has 9 heteroatoms. The molecule has 2 atom stereocenters. The molecule has 0 radical (unpaired) electrons. The Morgan fingerprint density at radius 2 is 1.90 bits per heavy atom. The van der Waals surface area contributed by atoms with E-state index in [2.05, 4.69) is 4.72 Å². The molecule has 2 rings (SSSR count). The maximum absolute atomic E-state index is 12.2. The van der Waals surface area contributed by atoms with Crippen LogP contribution in [-0.2, 0) is 24.8 Å². The Labute approximate surface area is 118 Å². The average molecular weight is 320 g/mol. The molecule has 0 aromatic heterocycles. The first-order valence-electron chi connectivity index (χ1n) is 5.97. The van der Waals surface area contributed by atoms with E-state index in [0.717, 1.165) is 6.07 Å². The summed E-state index contributed by atoms with van der Waals surface area (Å²) in [5.74, 6) is 0. The maximum Gasteiger partial charge on any atom is 0.240 e. The second-order valence-electron chi connectivity index (χ2n) is 4.61. The molecule has 0 spiro atoms. The first-order valence-corrected chi connectivity index (χ1v) is 9.00. The molecule has 2 unspecified atom stereocenters. The molecule has 1 aromatic rings. The van der Waals surface area contributed by atoms with Gasteiger partial charge in [0.2, 0.25) is 20.0 Å². The van der Waals surface area contributed by atoms with Gasteiger partial charge in [-0.25, -0.2) is 26.7 Å². The van der Waals surface area contributed by atoms with E-state index in [4.69, 9.17) is 9.88 Å². The van der Waals surface area contributed by atoms with E-state index >= 15 is 0 Å². The number of ether oxygens (including phenoxy) is 1. The maximum atomic E-state index is 12.2. The summed E-state index contributed by atoms with van der Waals surface area (Å²) < 4.78 is 54.7. The lowest BCUT2D eigenvalue weighted by Gasteiger charge is -2.16. The molecule has 3 N–H and O–H groups in total. The Hall–Kier alpha value is -1.00. The van der Waals surface area contributed by atoms with E-state index in [1.54, 1.807) is 6.92 Å². The van der Waals surface area contributed by atoms with E-state index in [1.807, 2.05) is 0 Å². The Bertz CT molecular complexity index is 699. The second-order valence-corrected chi connectivity index (χ2v) is 7.89. The van der Waals surface area contributed by atoms with Crippen LogP contribution in [-0.4, -0.2) is 35.6 Å². The van der Waals surface area contributed by atoms with Crippen molar-refractivity contribution in [3.05, 3.63) is 24.3 Å². The van der Waals surface area contributed by atoms with Gasteiger partial charge in [-0.05, 0) is 31.5 Å². The lowest BCUT2D eigenvalue weighted by Crippen LogP contribution is -2.39. The van der Waals surface area contributed by atoms with Gasteiger partial charge in [0.1, 0.15) is 0 Å². The Kier molecular flexibility index (Phi) is 4.17. The summed E-state index contributed by atoms with van der Waals surface area (Å²) in [4.78, 5) is -0.376. The predicted octanol–water partition coefficient (Wildman–Crippen LogP) is -0.210. The number of hydrogen-bond acceptors (Lipinski definition) is 5. The van der Waals surface area contributed by atoms with Crippen molar-refractivity contribution < 1.29 is 21.6 Å². The van der Waals surface area contributed by atoms with Gasteiger partial charge >= 0.3 is 0 Å². The third-order valence-electron chi connectivity index (χ3n) is 3.13. The van der Waals surface area contributed by atoms with Crippen LogP contribution in [0, 0.1) is 0 Å². The van der Waals surface area contributed by atoms with Crippen molar-refractivity contribution in [2.24, 2.45) is 5.14 Å². The number of rotatable bonds is 4. The van der Waals surface area contributed by atoms with Crippen LogP contribution in [0.25, 0.3) is 0 Å². The van der Waals surface area contributed by atoms with Crippen molar-refractivity contribution in [3.8, 4) is 0 Å². The highest BCUT2D eigenvalue weighted by Crippen LogP contribution is 2.18. The molecule has 1 aliphatic rings. The molecule has 0 aliphatic carbocycles. The van der Waals surface area contributed by atoms with E-state index in [-0.39, 0.29) is 21.9 Å². The summed E-state index contributed by atoms with van der Waals surface area (Å²) in [6, 6.07) is 4.62. The van der Waals surface area contributed by atoms with Gasteiger partial charge in [0.25, 0.3) is 0 Å². The molecular weight excluding hydrogens is 304 g/mol. The van der Waals surface area contributed by atoms with E-state index in [0.29, 0.717) is 13.0 Å². The highest BCUT2D eigenvalue weighted by molar-refractivity contribution is 7.90. The summed E-state index contributed by atoms with van der Waals surface area (Å²) in [6.07, 6.45) is 0.362. The highest BCUT2D eigenvalue weighted by atomic mass is 32.2. The van der Waals surface area contributed by atoms with Gasteiger partial charge in [-0.1, -0.05) is 6.07 Å². The zero-order valence-corrected chi connectivity index (χ0v) is 12.4. The molecule has 1 fully saturated rings. The van der Waals surface area contributed by atoms with Crippen LogP contribution in [0.5, 0.6) is 0 Å². The predicted molar refractivity (Wildman–Crippen MR) is 72.0 cm³/mol. The molecule has 1 heterocycles. The van der Waals surface area contributed by atoms with Crippen LogP contribution in [0.15, 0.2) is 34.1 Å². The molecule has 20 heavy (non-hydrogen) atoms. The van der Waals surface area contributed by atoms with Crippen molar-refractivity contribution >= 4 is 20.0 Å². The number of nitrogens with one attached hydrogen (secondary N) is 1. The molecule has 0 amide bonds. The average Bonchev–Trinajstić information content (AvgIpc) is 2.73. The normalized spacial score (nSPS) is 23.9. The summed E-state index contributed by atoms with van der Waals surface area (Å²) >= 11 is 0. The molecule has 0 saturated carbocycles. The van der Waals surface area contributed by atoms with Crippen LogP contribution in [0.2, 0.25) is 0 Å². The molecule has 112 valence electrons. The van der Waals surface area contributed by atoms with Crippen molar-refractivity contribution in [2.75, 3.05) is 6.61 Å². The molecule has 7 nitrogen and oxygen atoms in total. The lowest BCUT2D eigenvalue weighted by molar-refractivity contribution is 0.117. The largest absolute Gasteiger partial charge is 0.377 e. The molecule has 1 saturated heterocycles. The Morgan fingerprint density at radius 3 is 2.45 bits per heavy atom. The Morgan fingerprint density at radius 1 is 1.25 bits per heavy atom. The van der Waals surface area contributed by atoms with Crippen LogP contribution < -0.4 is 9.86 Å². The van der Waals surface area contributed by atoms with Crippen molar-refractivity contribution in [1.29, 1.82) is 0 Å². The number of hydrogen-bond donors (Lipinski definition) is 2. The second kappa shape index (κ2) is 5.41. The first kappa shape index (κ1) is 15.4. The fourth-order valence-electron chi connectivity index (χ4n) is 1.97. The summed E-state index contributed by atoms with van der Waals surface area (Å²) in [7, 11) is -7.75. The van der Waals surface area contributed by atoms with Gasteiger partial charge in [-0.3, -0.25) is 0 Å². The smallest absolute Gasteiger partial charge is 0.240 e. The van der Waals surface area contributed by atoms with Crippen molar-refractivity contribution in [1.82, 2.24) is 4.72 Å². The van der Waals surface area contributed by atoms with Crippen LogP contribution in [0.4, 0.5) is 0 Å². The number of nitrogens with two attached hydrogens (primary N) is 1. The van der Waals surface area contributed by atoms with Crippen molar-refractivity contribution in [3.63, 3.8) is 0 Å². The molecule has 0 bridgehead atoms. The zero-order valence-electron chi connectivity index (χ0n) is 10.8. The number of primary sulfonamides is 1. The van der Waals surface area contributed by atoms with Crippen LogP contribution in [0.3, 0.4) is 0 Å². The number of benzene rings is 1.